The van der Waals surface area contributed by atoms with Crippen LogP contribution in [0.4, 0.5) is 0 Å². The number of hydrogen-bond acceptors (Lipinski definition) is 2. The first kappa shape index (κ1) is 17.4. The van der Waals surface area contributed by atoms with Crippen molar-refractivity contribution in [3.63, 3.8) is 0 Å². The Labute approximate surface area is 140 Å². The van der Waals surface area contributed by atoms with Crippen LogP contribution in [0.5, 0.6) is 11.5 Å². The summed E-state index contributed by atoms with van der Waals surface area (Å²) in [6.07, 6.45) is 0.946. The zero-order valence-electron chi connectivity index (χ0n) is 15.1. The van der Waals surface area contributed by atoms with Gasteiger partial charge in [0.25, 0.3) is 0 Å². The summed E-state index contributed by atoms with van der Waals surface area (Å²) < 4.78 is 12.3. The Balaban J connectivity index is 2.46. The van der Waals surface area contributed by atoms with E-state index in [1.54, 1.807) is 0 Å². The van der Waals surface area contributed by atoms with Gasteiger partial charge in [-0.1, -0.05) is 37.3 Å². The first-order chi connectivity index (χ1) is 10.7. The Morgan fingerprint density at radius 2 is 1.48 bits per heavy atom. The molecule has 2 rings (SSSR count). The molecule has 0 fully saturated rings. The van der Waals surface area contributed by atoms with Gasteiger partial charge in [-0.3, -0.25) is 0 Å². The monoisotopic (exact) mass is 312 g/mol. The van der Waals surface area contributed by atoms with E-state index in [1.165, 1.54) is 0 Å². The third-order valence-corrected chi connectivity index (χ3v) is 3.70. The molecule has 0 aliphatic rings. The maximum absolute atomic E-state index is 6.27. The summed E-state index contributed by atoms with van der Waals surface area (Å²) in [5, 5.41) is 0. The molecule has 0 saturated heterocycles. The predicted molar refractivity (Wildman–Crippen MR) is 97.3 cm³/mol. The molecular formula is C21H28O2. The lowest BCUT2D eigenvalue weighted by Crippen LogP contribution is -2.27. The van der Waals surface area contributed by atoms with Gasteiger partial charge in [0.2, 0.25) is 0 Å². The van der Waals surface area contributed by atoms with Crippen molar-refractivity contribution in [2.24, 2.45) is 0 Å². The highest BCUT2D eigenvalue weighted by Crippen LogP contribution is 2.36. The second-order valence-electron chi connectivity index (χ2n) is 7.45. The highest BCUT2D eigenvalue weighted by atomic mass is 16.5. The van der Waals surface area contributed by atoms with E-state index < -0.39 is 0 Å². The van der Waals surface area contributed by atoms with Crippen molar-refractivity contribution in [1.29, 1.82) is 0 Å². The molecule has 23 heavy (non-hydrogen) atoms. The van der Waals surface area contributed by atoms with Crippen molar-refractivity contribution < 1.29 is 9.47 Å². The average molecular weight is 312 g/mol. The molecule has 0 aliphatic carbocycles. The molecule has 124 valence electrons. The van der Waals surface area contributed by atoms with Crippen molar-refractivity contribution >= 4 is 0 Å². The van der Waals surface area contributed by atoms with Gasteiger partial charge in [-0.25, -0.2) is 0 Å². The van der Waals surface area contributed by atoms with Crippen LogP contribution in [0.1, 0.15) is 48.0 Å². The second kappa shape index (κ2) is 6.66. The number of benzene rings is 2. The molecule has 0 heterocycles. The highest BCUT2D eigenvalue weighted by Gasteiger charge is 2.20. The van der Waals surface area contributed by atoms with Crippen molar-refractivity contribution in [2.75, 3.05) is 0 Å². The van der Waals surface area contributed by atoms with Crippen LogP contribution in [0, 0.1) is 0 Å². The van der Waals surface area contributed by atoms with Crippen LogP contribution in [-0.4, -0.2) is 11.2 Å². The summed E-state index contributed by atoms with van der Waals surface area (Å²) in [6, 6.07) is 16.4. The fourth-order valence-corrected chi connectivity index (χ4v) is 2.23. The molecule has 2 nitrogen and oxygen atoms in total. The Morgan fingerprint density at radius 1 is 0.826 bits per heavy atom. The molecule has 0 aliphatic heterocycles. The van der Waals surface area contributed by atoms with E-state index in [2.05, 4.69) is 59.7 Å². The van der Waals surface area contributed by atoms with E-state index in [-0.39, 0.29) is 11.2 Å². The molecule has 0 amide bonds. The molecule has 0 spiro atoms. The number of hydrogen-bond donors (Lipinski definition) is 0. The van der Waals surface area contributed by atoms with Crippen LogP contribution in [0.2, 0.25) is 0 Å². The first-order valence-electron chi connectivity index (χ1n) is 8.28. The third kappa shape index (κ3) is 5.02. The number of ether oxygens (including phenoxy) is 2. The van der Waals surface area contributed by atoms with Crippen LogP contribution in [0.25, 0.3) is 11.1 Å². The highest BCUT2D eigenvalue weighted by molar-refractivity contribution is 5.72. The van der Waals surface area contributed by atoms with Gasteiger partial charge in [-0.2, -0.15) is 0 Å². The zero-order valence-corrected chi connectivity index (χ0v) is 15.1. The topological polar surface area (TPSA) is 18.5 Å². The predicted octanol–water partition coefficient (Wildman–Crippen LogP) is 6.10. The van der Waals surface area contributed by atoms with Crippen molar-refractivity contribution in [1.82, 2.24) is 0 Å². The molecule has 0 unspecified atom stereocenters. The lowest BCUT2D eigenvalue weighted by atomic mass is 10.0. The van der Waals surface area contributed by atoms with E-state index in [0.717, 1.165) is 29.0 Å². The van der Waals surface area contributed by atoms with Crippen LogP contribution >= 0.6 is 0 Å². The minimum absolute atomic E-state index is 0.198. The van der Waals surface area contributed by atoms with Gasteiger partial charge in [-0.15, -0.1) is 0 Å². The van der Waals surface area contributed by atoms with Gasteiger partial charge >= 0.3 is 0 Å². The molecule has 0 radical (unpaired) electrons. The van der Waals surface area contributed by atoms with Crippen molar-refractivity contribution in [3.8, 4) is 22.6 Å². The van der Waals surface area contributed by atoms with E-state index >= 15 is 0 Å². The van der Waals surface area contributed by atoms with Gasteiger partial charge in [-0.05, 0) is 64.8 Å². The quantitative estimate of drug-likeness (QED) is 0.664. The van der Waals surface area contributed by atoms with Gasteiger partial charge in [0.1, 0.15) is 22.7 Å². The molecule has 2 aromatic carbocycles. The SMILES string of the molecule is CCC(C)(C)Oc1ccc(OC(C)(C)C)cc1-c1ccccc1. The maximum atomic E-state index is 6.27. The van der Waals surface area contributed by atoms with Crippen molar-refractivity contribution in [2.45, 2.75) is 59.2 Å². The van der Waals surface area contributed by atoms with Crippen LogP contribution in [0.15, 0.2) is 48.5 Å². The average Bonchev–Trinajstić information content (AvgIpc) is 2.48. The summed E-state index contributed by atoms with van der Waals surface area (Å²) in [5.41, 5.74) is 1.78. The van der Waals surface area contributed by atoms with Crippen molar-refractivity contribution in [3.05, 3.63) is 48.5 Å². The fourth-order valence-electron chi connectivity index (χ4n) is 2.23. The Morgan fingerprint density at radius 3 is 2.04 bits per heavy atom. The fraction of sp³-hybridized carbons (Fsp3) is 0.429. The molecular weight excluding hydrogens is 284 g/mol. The van der Waals surface area contributed by atoms with Crippen LogP contribution in [-0.2, 0) is 0 Å². The van der Waals surface area contributed by atoms with Crippen LogP contribution < -0.4 is 9.47 Å². The maximum Gasteiger partial charge on any atom is 0.128 e. The lowest BCUT2D eigenvalue weighted by molar-refractivity contribution is 0.105. The van der Waals surface area contributed by atoms with E-state index in [1.807, 2.05) is 30.3 Å². The second-order valence-corrected chi connectivity index (χ2v) is 7.45. The summed E-state index contributed by atoms with van der Waals surface area (Å²) in [6.45, 7) is 12.5. The Bertz CT molecular complexity index is 637. The molecule has 0 saturated carbocycles. The van der Waals surface area contributed by atoms with Gasteiger partial charge in [0.15, 0.2) is 0 Å². The summed E-state index contributed by atoms with van der Waals surface area (Å²) >= 11 is 0. The van der Waals surface area contributed by atoms with E-state index in [4.69, 9.17) is 9.47 Å². The van der Waals surface area contributed by atoms with Gasteiger partial charge < -0.3 is 9.47 Å². The Kier molecular flexibility index (Phi) is 5.03. The van der Waals surface area contributed by atoms with Gasteiger partial charge in [0.05, 0.1) is 0 Å². The minimum atomic E-state index is -0.223. The molecule has 0 N–H and O–H groups in total. The zero-order chi connectivity index (χ0) is 17.1. The van der Waals surface area contributed by atoms with Gasteiger partial charge in [0, 0.05) is 5.56 Å². The summed E-state index contributed by atoms with van der Waals surface area (Å²) in [5.74, 6) is 1.75. The lowest BCUT2D eigenvalue weighted by Gasteiger charge is -2.27. The number of rotatable bonds is 5. The normalized spacial score (nSPS) is 12.1. The largest absolute Gasteiger partial charge is 0.488 e. The smallest absolute Gasteiger partial charge is 0.128 e. The minimum Gasteiger partial charge on any atom is -0.488 e. The molecule has 2 aromatic rings. The summed E-state index contributed by atoms with van der Waals surface area (Å²) in [4.78, 5) is 0. The Hall–Kier alpha value is -1.96. The third-order valence-electron chi connectivity index (χ3n) is 3.70. The molecule has 2 heteroatoms. The van der Waals surface area contributed by atoms with E-state index in [0.29, 0.717) is 0 Å². The molecule has 0 aromatic heterocycles. The van der Waals surface area contributed by atoms with Crippen LogP contribution in [0.3, 0.4) is 0 Å². The standard InChI is InChI=1S/C21H28O2/c1-7-21(5,6)23-19-14-13-17(22-20(2,3)4)15-18(19)16-11-9-8-10-12-16/h8-15H,7H2,1-6H3. The molecule has 0 bridgehead atoms. The van der Waals surface area contributed by atoms with E-state index in [9.17, 15) is 0 Å². The summed E-state index contributed by atoms with van der Waals surface area (Å²) in [7, 11) is 0. The first-order valence-corrected chi connectivity index (χ1v) is 8.28. The molecule has 0 atom stereocenters.